The van der Waals surface area contributed by atoms with Gasteiger partial charge in [0.1, 0.15) is 0 Å². The van der Waals surface area contributed by atoms with E-state index in [1.165, 1.54) is 16.7 Å². The van der Waals surface area contributed by atoms with Crippen LogP contribution in [-0.2, 0) is 13.0 Å². The largest absolute Gasteiger partial charge is 0.311 e. The van der Waals surface area contributed by atoms with Gasteiger partial charge in [0.15, 0.2) is 0 Å². The molecule has 0 saturated carbocycles. The number of hydrogen-bond donors (Lipinski definition) is 1. The van der Waals surface area contributed by atoms with Crippen LogP contribution in [0.15, 0.2) is 54.6 Å². The standard InChI is InChI=1S/C19H24N2/c1-16-6-5-9-18(12-16)14-21-11-10-20-19(15-21)13-17-7-3-2-4-8-17/h2-9,12,19-20H,10-11,13-15H2,1H3. The van der Waals surface area contributed by atoms with E-state index in [4.69, 9.17) is 0 Å². The highest BCUT2D eigenvalue weighted by atomic mass is 15.2. The molecule has 1 saturated heterocycles. The van der Waals surface area contributed by atoms with Crippen LogP contribution in [0.5, 0.6) is 0 Å². The summed E-state index contributed by atoms with van der Waals surface area (Å²) in [6.45, 7) is 6.58. The molecule has 110 valence electrons. The van der Waals surface area contributed by atoms with Crippen LogP contribution in [0, 0.1) is 6.92 Å². The summed E-state index contributed by atoms with van der Waals surface area (Å²) in [6, 6.07) is 20.2. The molecule has 0 aromatic heterocycles. The van der Waals surface area contributed by atoms with E-state index in [-0.39, 0.29) is 0 Å². The van der Waals surface area contributed by atoms with Crippen LogP contribution < -0.4 is 5.32 Å². The summed E-state index contributed by atoms with van der Waals surface area (Å²) in [5, 5.41) is 3.65. The van der Waals surface area contributed by atoms with E-state index >= 15 is 0 Å². The minimum absolute atomic E-state index is 0.561. The second-order valence-electron chi connectivity index (χ2n) is 6.06. The van der Waals surface area contributed by atoms with Crippen molar-refractivity contribution in [2.45, 2.75) is 25.9 Å². The molecule has 2 aromatic rings. The van der Waals surface area contributed by atoms with Gasteiger partial charge in [-0.05, 0) is 24.5 Å². The van der Waals surface area contributed by atoms with Crippen molar-refractivity contribution >= 4 is 0 Å². The minimum Gasteiger partial charge on any atom is -0.311 e. The van der Waals surface area contributed by atoms with Gasteiger partial charge in [-0.2, -0.15) is 0 Å². The molecule has 1 N–H and O–H groups in total. The Morgan fingerprint density at radius 1 is 1.05 bits per heavy atom. The molecule has 1 heterocycles. The van der Waals surface area contributed by atoms with Gasteiger partial charge in [0.05, 0.1) is 0 Å². The van der Waals surface area contributed by atoms with Crippen LogP contribution in [0.4, 0.5) is 0 Å². The molecule has 1 unspecified atom stereocenters. The number of rotatable bonds is 4. The van der Waals surface area contributed by atoms with Crippen molar-refractivity contribution in [2.24, 2.45) is 0 Å². The van der Waals surface area contributed by atoms with Crippen LogP contribution >= 0.6 is 0 Å². The first-order chi connectivity index (χ1) is 10.3. The van der Waals surface area contributed by atoms with Crippen LogP contribution in [0.1, 0.15) is 16.7 Å². The molecule has 1 aliphatic rings. The topological polar surface area (TPSA) is 15.3 Å². The number of piperazine rings is 1. The highest BCUT2D eigenvalue weighted by molar-refractivity contribution is 5.22. The van der Waals surface area contributed by atoms with E-state index in [2.05, 4.69) is 71.7 Å². The van der Waals surface area contributed by atoms with E-state index in [1.807, 2.05) is 0 Å². The smallest absolute Gasteiger partial charge is 0.0236 e. The molecule has 2 nitrogen and oxygen atoms in total. The monoisotopic (exact) mass is 280 g/mol. The molecular formula is C19H24N2. The first kappa shape index (κ1) is 14.3. The van der Waals surface area contributed by atoms with Gasteiger partial charge >= 0.3 is 0 Å². The SMILES string of the molecule is Cc1cccc(CN2CCNC(Cc3ccccc3)C2)c1. The van der Waals surface area contributed by atoms with Gasteiger partial charge in [-0.3, -0.25) is 4.90 Å². The zero-order valence-electron chi connectivity index (χ0n) is 12.8. The predicted molar refractivity (Wildman–Crippen MR) is 88.4 cm³/mol. The van der Waals surface area contributed by atoms with Crippen LogP contribution in [0.3, 0.4) is 0 Å². The summed E-state index contributed by atoms with van der Waals surface area (Å²) in [7, 11) is 0. The lowest BCUT2D eigenvalue weighted by molar-refractivity contribution is 0.192. The third kappa shape index (κ3) is 4.16. The van der Waals surface area contributed by atoms with Crippen molar-refractivity contribution < 1.29 is 0 Å². The lowest BCUT2D eigenvalue weighted by atomic mass is 10.0. The number of nitrogens with one attached hydrogen (secondary N) is 1. The lowest BCUT2D eigenvalue weighted by Crippen LogP contribution is -2.51. The molecule has 3 rings (SSSR count). The van der Waals surface area contributed by atoms with Crippen LogP contribution in [0.2, 0.25) is 0 Å². The average molecular weight is 280 g/mol. The predicted octanol–water partition coefficient (Wildman–Crippen LogP) is 3.01. The summed E-state index contributed by atoms with van der Waals surface area (Å²) in [4.78, 5) is 2.57. The van der Waals surface area contributed by atoms with Gasteiger partial charge < -0.3 is 5.32 Å². The van der Waals surface area contributed by atoms with E-state index in [9.17, 15) is 0 Å². The first-order valence-electron chi connectivity index (χ1n) is 7.85. The Labute approximate surface area is 127 Å². The Balaban J connectivity index is 1.58. The molecule has 0 aliphatic carbocycles. The van der Waals surface area contributed by atoms with Gasteiger partial charge in [-0.15, -0.1) is 0 Å². The van der Waals surface area contributed by atoms with Gasteiger partial charge in [-0.1, -0.05) is 60.2 Å². The number of nitrogens with zero attached hydrogens (tertiary/aromatic N) is 1. The summed E-state index contributed by atoms with van der Waals surface area (Å²) in [5.74, 6) is 0. The fraction of sp³-hybridized carbons (Fsp3) is 0.368. The van der Waals surface area contributed by atoms with Crippen molar-refractivity contribution in [3.05, 3.63) is 71.3 Å². The molecule has 1 atom stereocenters. The third-order valence-electron chi connectivity index (χ3n) is 4.15. The van der Waals surface area contributed by atoms with Crippen LogP contribution in [-0.4, -0.2) is 30.6 Å². The Morgan fingerprint density at radius 2 is 1.86 bits per heavy atom. The van der Waals surface area contributed by atoms with Crippen molar-refractivity contribution in [2.75, 3.05) is 19.6 Å². The maximum Gasteiger partial charge on any atom is 0.0236 e. The number of benzene rings is 2. The summed E-state index contributed by atoms with van der Waals surface area (Å²) < 4.78 is 0. The van der Waals surface area contributed by atoms with E-state index < -0.39 is 0 Å². The second kappa shape index (κ2) is 6.88. The number of hydrogen-bond acceptors (Lipinski definition) is 2. The third-order valence-corrected chi connectivity index (χ3v) is 4.15. The molecule has 0 amide bonds. The van der Waals surface area contributed by atoms with Gasteiger partial charge in [0.25, 0.3) is 0 Å². The van der Waals surface area contributed by atoms with Crippen LogP contribution in [0.25, 0.3) is 0 Å². The van der Waals surface area contributed by atoms with Gasteiger partial charge in [-0.25, -0.2) is 0 Å². The summed E-state index contributed by atoms with van der Waals surface area (Å²) in [5.41, 5.74) is 4.20. The zero-order valence-corrected chi connectivity index (χ0v) is 12.8. The molecule has 2 heteroatoms. The van der Waals surface area contributed by atoms with Crippen molar-refractivity contribution in [1.82, 2.24) is 10.2 Å². The van der Waals surface area contributed by atoms with Gasteiger partial charge in [0, 0.05) is 32.2 Å². The molecule has 0 spiro atoms. The Hall–Kier alpha value is -1.64. The van der Waals surface area contributed by atoms with Crippen molar-refractivity contribution in [1.29, 1.82) is 0 Å². The van der Waals surface area contributed by atoms with E-state index in [0.29, 0.717) is 6.04 Å². The quantitative estimate of drug-likeness (QED) is 0.926. The highest BCUT2D eigenvalue weighted by Gasteiger charge is 2.19. The minimum atomic E-state index is 0.561. The zero-order chi connectivity index (χ0) is 14.5. The fourth-order valence-corrected chi connectivity index (χ4v) is 3.14. The number of aryl methyl sites for hydroxylation is 1. The highest BCUT2D eigenvalue weighted by Crippen LogP contribution is 2.12. The Kier molecular flexibility index (Phi) is 4.69. The summed E-state index contributed by atoms with van der Waals surface area (Å²) in [6.07, 6.45) is 1.12. The Bertz CT molecular complexity index is 565. The molecule has 0 radical (unpaired) electrons. The van der Waals surface area contributed by atoms with Crippen molar-refractivity contribution in [3.63, 3.8) is 0 Å². The van der Waals surface area contributed by atoms with E-state index in [1.54, 1.807) is 0 Å². The first-order valence-corrected chi connectivity index (χ1v) is 7.85. The van der Waals surface area contributed by atoms with E-state index in [0.717, 1.165) is 32.6 Å². The molecule has 2 aromatic carbocycles. The maximum absolute atomic E-state index is 3.65. The molecule has 1 aliphatic heterocycles. The maximum atomic E-state index is 3.65. The van der Waals surface area contributed by atoms with Crippen molar-refractivity contribution in [3.8, 4) is 0 Å². The lowest BCUT2D eigenvalue weighted by Gasteiger charge is -2.34. The second-order valence-corrected chi connectivity index (χ2v) is 6.06. The summed E-state index contributed by atoms with van der Waals surface area (Å²) >= 11 is 0. The molecule has 21 heavy (non-hydrogen) atoms. The molecule has 1 fully saturated rings. The fourth-order valence-electron chi connectivity index (χ4n) is 3.14. The van der Waals surface area contributed by atoms with Gasteiger partial charge in [0.2, 0.25) is 0 Å². The molecule has 0 bridgehead atoms. The Morgan fingerprint density at radius 3 is 2.67 bits per heavy atom. The molecular weight excluding hydrogens is 256 g/mol. The normalized spacial score (nSPS) is 19.6. The average Bonchev–Trinajstić information content (AvgIpc) is 2.49.